The summed E-state index contributed by atoms with van der Waals surface area (Å²) in [5.74, 6) is -0.279. The van der Waals surface area contributed by atoms with Crippen molar-refractivity contribution in [3.63, 3.8) is 0 Å². The summed E-state index contributed by atoms with van der Waals surface area (Å²) in [5, 5.41) is 10.4. The lowest BCUT2D eigenvalue weighted by atomic mass is 9.98. The Bertz CT molecular complexity index is 586. The summed E-state index contributed by atoms with van der Waals surface area (Å²) in [4.78, 5) is 3.21. The van der Waals surface area contributed by atoms with Gasteiger partial charge in [0.25, 0.3) is 0 Å². The second kappa shape index (κ2) is 4.58. The highest BCUT2D eigenvalue weighted by molar-refractivity contribution is 5.41. The normalized spacial score (nSPS) is 12.8. The van der Waals surface area contributed by atoms with Crippen LogP contribution in [0.15, 0.2) is 18.2 Å². The van der Waals surface area contributed by atoms with E-state index in [9.17, 15) is 9.50 Å². The Balaban J connectivity index is 2.47. The lowest BCUT2D eigenvalue weighted by Gasteiger charge is -2.14. The van der Waals surface area contributed by atoms with E-state index in [-0.39, 0.29) is 5.82 Å². The van der Waals surface area contributed by atoms with Gasteiger partial charge in [0, 0.05) is 5.69 Å². The monoisotopic (exact) mass is 247 g/mol. The number of nitrogens with one attached hydrogen (secondary N) is 1. The van der Waals surface area contributed by atoms with E-state index >= 15 is 0 Å². The van der Waals surface area contributed by atoms with E-state index in [0.717, 1.165) is 33.6 Å². The average Bonchev–Trinajstić information content (AvgIpc) is 2.56. The minimum absolute atomic E-state index is 0.279. The Morgan fingerprint density at radius 2 is 1.78 bits per heavy atom. The zero-order chi connectivity index (χ0) is 13.4. The van der Waals surface area contributed by atoms with Gasteiger partial charge in [-0.05, 0) is 62.1 Å². The Kier molecular flexibility index (Phi) is 3.26. The topological polar surface area (TPSA) is 36.0 Å². The van der Waals surface area contributed by atoms with Crippen molar-refractivity contribution in [2.24, 2.45) is 0 Å². The number of hydrogen-bond acceptors (Lipinski definition) is 1. The summed E-state index contributed by atoms with van der Waals surface area (Å²) < 4.78 is 13.1. The highest BCUT2D eigenvalue weighted by atomic mass is 19.1. The summed E-state index contributed by atoms with van der Waals surface area (Å²) in [7, 11) is 0. The zero-order valence-electron chi connectivity index (χ0n) is 11.1. The molecule has 18 heavy (non-hydrogen) atoms. The first-order chi connectivity index (χ1) is 8.41. The predicted octanol–water partition coefficient (Wildman–Crippen LogP) is 3.47. The molecule has 0 bridgehead atoms. The van der Waals surface area contributed by atoms with Gasteiger partial charge >= 0.3 is 0 Å². The van der Waals surface area contributed by atoms with Gasteiger partial charge in [-0.2, -0.15) is 0 Å². The minimum atomic E-state index is -0.738. The van der Waals surface area contributed by atoms with Gasteiger partial charge in [0.05, 0.1) is 5.69 Å². The van der Waals surface area contributed by atoms with Crippen molar-refractivity contribution >= 4 is 0 Å². The SMILES string of the molecule is Cc1cc(F)ccc1C(O)c1[nH]c(C)c(C)c1C. The molecular weight excluding hydrogens is 229 g/mol. The number of H-pyrrole nitrogens is 1. The van der Waals surface area contributed by atoms with Crippen molar-refractivity contribution in [2.75, 3.05) is 0 Å². The highest BCUT2D eigenvalue weighted by Gasteiger charge is 2.19. The molecule has 0 amide bonds. The first-order valence-corrected chi connectivity index (χ1v) is 6.01. The molecule has 1 atom stereocenters. The van der Waals surface area contributed by atoms with E-state index in [1.165, 1.54) is 12.1 Å². The third-order valence-corrected chi connectivity index (χ3v) is 3.65. The van der Waals surface area contributed by atoms with Crippen molar-refractivity contribution in [3.8, 4) is 0 Å². The van der Waals surface area contributed by atoms with Crippen LogP contribution in [0.3, 0.4) is 0 Å². The first kappa shape index (κ1) is 12.8. The largest absolute Gasteiger partial charge is 0.382 e. The molecule has 0 saturated heterocycles. The van der Waals surface area contributed by atoms with E-state index in [4.69, 9.17) is 0 Å². The molecule has 1 aromatic heterocycles. The molecule has 0 fully saturated rings. The molecule has 96 valence electrons. The summed E-state index contributed by atoms with van der Waals surface area (Å²) in [6.07, 6.45) is -0.738. The molecule has 2 N–H and O–H groups in total. The standard InChI is InChI=1S/C15H18FNO/c1-8-7-12(16)5-6-13(8)15(18)14-10(3)9(2)11(4)17-14/h5-7,15,17-18H,1-4H3. The van der Waals surface area contributed by atoms with Gasteiger partial charge < -0.3 is 10.1 Å². The van der Waals surface area contributed by atoms with Crippen molar-refractivity contribution < 1.29 is 9.50 Å². The zero-order valence-corrected chi connectivity index (χ0v) is 11.1. The molecule has 1 unspecified atom stereocenters. The van der Waals surface area contributed by atoms with Crippen molar-refractivity contribution in [1.82, 2.24) is 4.98 Å². The molecule has 0 aliphatic heterocycles. The van der Waals surface area contributed by atoms with Crippen LogP contribution in [-0.4, -0.2) is 10.1 Å². The lowest BCUT2D eigenvalue weighted by molar-refractivity contribution is 0.214. The number of halogens is 1. The second-order valence-electron chi connectivity index (χ2n) is 4.82. The van der Waals surface area contributed by atoms with Gasteiger partial charge in [-0.15, -0.1) is 0 Å². The molecule has 2 rings (SSSR count). The number of aryl methyl sites for hydroxylation is 2. The van der Waals surface area contributed by atoms with E-state index in [1.54, 1.807) is 13.0 Å². The number of aliphatic hydroxyl groups is 1. The van der Waals surface area contributed by atoms with Gasteiger partial charge in [0.1, 0.15) is 11.9 Å². The molecule has 3 heteroatoms. The van der Waals surface area contributed by atoms with Gasteiger partial charge in [0.15, 0.2) is 0 Å². The number of benzene rings is 1. The van der Waals surface area contributed by atoms with Crippen LogP contribution in [0.4, 0.5) is 4.39 Å². The molecule has 2 aromatic rings. The Morgan fingerprint density at radius 1 is 1.11 bits per heavy atom. The average molecular weight is 247 g/mol. The fourth-order valence-corrected chi connectivity index (χ4v) is 2.25. The minimum Gasteiger partial charge on any atom is -0.382 e. The van der Waals surface area contributed by atoms with Crippen LogP contribution in [0.25, 0.3) is 0 Å². The Morgan fingerprint density at radius 3 is 2.28 bits per heavy atom. The third kappa shape index (κ3) is 2.06. The van der Waals surface area contributed by atoms with E-state index in [0.29, 0.717) is 0 Å². The summed E-state index contributed by atoms with van der Waals surface area (Å²) in [5.41, 5.74) is 5.56. The summed E-state index contributed by atoms with van der Waals surface area (Å²) in [6.45, 7) is 7.79. The smallest absolute Gasteiger partial charge is 0.123 e. The number of aromatic amines is 1. The van der Waals surface area contributed by atoms with E-state index in [1.807, 2.05) is 20.8 Å². The molecule has 1 heterocycles. The number of aromatic nitrogens is 1. The Hall–Kier alpha value is -1.61. The quantitative estimate of drug-likeness (QED) is 0.837. The third-order valence-electron chi connectivity index (χ3n) is 3.65. The summed E-state index contributed by atoms with van der Waals surface area (Å²) >= 11 is 0. The number of hydrogen-bond donors (Lipinski definition) is 2. The van der Waals surface area contributed by atoms with Crippen LogP contribution in [0, 0.1) is 33.5 Å². The van der Waals surface area contributed by atoms with Gasteiger partial charge in [-0.25, -0.2) is 4.39 Å². The van der Waals surface area contributed by atoms with Crippen LogP contribution >= 0.6 is 0 Å². The molecule has 0 radical (unpaired) electrons. The van der Waals surface area contributed by atoms with Gasteiger partial charge in [0.2, 0.25) is 0 Å². The molecule has 0 saturated carbocycles. The fourth-order valence-electron chi connectivity index (χ4n) is 2.25. The maximum absolute atomic E-state index is 13.1. The van der Waals surface area contributed by atoms with Crippen LogP contribution in [0.1, 0.15) is 39.7 Å². The van der Waals surface area contributed by atoms with Crippen LogP contribution in [0.2, 0.25) is 0 Å². The maximum atomic E-state index is 13.1. The lowest BCUT2D eigenvalue weighted by Crippen LogP contribution is -2.04. The second-order valence-corrected chi connectivity index (χ2v) is 4.82. The van der Waals surface area contributed by atoms with Crippen LogP contribution < -0.4 is 0 Å². The Labute approximate surface area is 106 Å². The first-order valence-electron chi connectivity index (χ1n) is 6.01. The predicted molar refractivity (Wildman–Crippen MR) is 70.2 cm³/mol. The summed E-state index contributed by atoms with van der Waals surface area (Å²) in [6, 6.07) is 4.46. The highest BCUT2D eigenvalue weighted by Crippen LogP contribution is 2.29. The van der Waals surface area contributed by atoms with Crippen molar-refractivity contribution in [1.29, 1.82) is 0 Å². The molecule has 0 spiro atoms. The van der Waals surface area contributed by atoms with Gasteiger partial charge in [-0.1, -0.05) is 6.07 Å². The van der Waals surface area contributed by atoms with Crippen molar-refractivity contribution in [3.05, 3.63) is 57.7 Å². The number of aliphatic hydroxyl groups excluding tert-OH is 1. The molecule has 0 aliphatic rings. The molecule has 1 aromatic carbocycles. The maximum Gasteiger partial charge on any atom is 0.123 e. The van der Waals surface area contributed by atoms with Crippen molar-refractivity contribution in [2.45, 2.75) is 33.8 Å². The van der Waals surface area contributed by atoms with Crippen LogP contribution in [-0.2, 0) is 0 Å². The fraction of sp³-hybridized carbons (Fsp3) is 0.333. The van der Waals surface area contributed by atoms with E-state index in [2.05, 4.69) is 4.98 Å². The van der Waals surface area contributed by atoms with Gasteiger partial charge in [-0.3, -0.25) is 0 Å². The molecule has 0 aliphatic carbocycles. The van der Waals surface area contributed by atoms with E-state index < -0.39 is 6.10 Å². The van der Waals surface area contributed by atoms with Crippen LogP contribution in [0.5, 0.6) is 0 Å². The molecular formula is C15H18FNO. The molecule has 2 nitrogen and oxygen atoms in total. The number of rotatable bonds is 2.